The summed E-state index contributed by atoms with van der Waals surface area (Å²) in [5, 5.41) is 0.996. The first kappa shape index (κ1) is 20.0. The van der Waals surface area contributed by atoms with Crippen LogP contribution in [0.2, 0.25) is 0 Å². The zero-order valence-electron chi connectivity index (χ0n) is 12.1. The molecule has 7 heteroatoms. The Kier molecular flexibility index (Phi) is 9.32. The van der Waals surface area contributed by atoms with Crippen molar-refractivity contribution in [3.05, 3.63) is 78.9 Å². The van der Waals surface area contributed by atoms with Crippen molar-refractivity contribution in [3.63, 3.8) is 0 Å². The number of halogens is 6. The molecule has 0 saturated heterocycles. The van der Waals surface area contributed by atoms with Gasteiger partial charge in [0.25, 0.3) is 0 Å². The van der Waals surface area contributed by atoms with E-state index in [1.807, 2.05) is 12.1 Å². The van der Waals surface area contributed by atoms with Crippen LogP contribution in [0.1, 0.15) is 12.0 Å². The highest BCUT2D eigenvalue weighted by Crippen LogP contribution is 2.10. The zero-order chi connectivity index (χ0) is 17.1. The van der Waals surface area contributed by atoms with Gasteiger partial charge in [-0.15, -0.1) is 0 Å². The van der Waals surface area contributed by atoms with E-state index in [2.05, 4.69) is 52.6 Å². The van der Waals surface area contributed by atoms with Crippen LogP contribution in [0.4, 0.5) is 17.3 Å². The highest BCUT2D eigenvalue weighted by Gasteiger charge is 2.20. The highest BCUT2D eigenvalue weighted by molar-refractivity contribution is 6.50. The fraction of sp³-hybridized carbons (Fsp3) is 0.125. The van der Waals surface area contributed by atoms with Crippen molar-refractivity contribution < 1.29 is 38.5 Å². The Morgan fingerprint density at radius 1 is 0.913 bits per heavy atom. The molecule has 0 aliphatic carbocycles. The fourth-order valence-electron chi connectivity index (χ4n) is 1.57. The van der Waals surface area contributed by atoms with Crippen LogP contribution in [0.3, 0.4) is 0 Å². The second-order valence-corrected chi connectivity index (χ2v) is 7.42. The monoisotopic (exact) mass is 456 g/mol. The van der Waals surface area contributed by atoms with E-state index >= 15 is 0 Å². The van der Waals surface area contributed by atoms with Crippen LogP contribution in [0.25, 0.3) is 0 Å². The van der Waals surface area contributed by atoms with E-state index in [1.54, 1.807) is 0 Å². The van der Waals surface area contributed by atoms with Gasteiger partial charge in [-0.1, -0.05) is 60.1 Å². The standard InChI is InChI=1S/C16H15ClI.BF4/c17-15(12-11-14-7-3-1-4-8-14)13-18-16-9-5-2-6-10-16;2-1(3,4)5/h1-10,13H,11-12H2;/q+1;-1/b15-13-;. The Labute approximate surface area is 148 Å². The SMILES string of the molecule is Cl/C(=C\[I+]c1ccccc1)CCc1ccccc1.F[B-](F)(F)F. The molecule has 2 aromatic carbocycles. The Balaban J connectivity index is 0.000000463. The Morgan fingerprint density at radius 3 is 1.91 bits per heavy atom. The van der Waals surface area contributed by atoms with Crippen LogP contribution in [0.5, 0.6) is 0 Å². The van der Waals surface area contributed by atoms with Gasteiger partial charge in [0.05, 0.1) is 5.03 Å². The molecule has 0 spiro atoms. The first-order valence-electron chi connectivity index (χ1n) is 6.79. The minimum Gasteiger partial charge on any atom is -0.418 e. The van der Waals surface area contributed by atoms with E-state index in [1.165, 1.54) is 9.13 Å². The van der Waals surface area contributed by atoms with E-state index in [-0.39, 0.29) is 21.2 Å². The lowest BCUT2D eigenvalue weighted by atomic mass is 10.1. The van der Waals surface area contributed by atoms with Crippen molar-refractivity contribution in [2.75, 3.05) is 0 Å². The van der Waals surface area contributed by atoms with Crippen molar-refractivity contribution in [1.29, 1.82) is 0 Å². The van der Waals surface area contributed by atoms with Crippen LogP contribution in [0.15, 0.2) is 69.8 Å². The summed E-state index contributed by atoms with van der Waals surface area (Å²) in [7, 11) is -6.00. The summed E-state index contributed by atoms with van der Waals surface area (Å²) in [6, 6.07) is 21.0. The molecule has 124 valence electrons. The van der Waals surface area contributed by atoms with E-state index in [0.29, 0.717) is 0 Å². The quantitative estimate of drug-likeness (QED) is 0.369. The summed E-state index contributed by atoms with van der Waals surface area (Å²) < 4.78 is 42.6. The maximum absolute atomic E-state index is 9.75. The molecule has 0 atom stereocenters. The third-order valence-electron chi connectivity index (χ3n) is 2.53. The number of rotatable bonds is 5. The molecule has 0 heterocycles. The molecule has 0 aromatic heterocycles. The van der Waals surface area contributed by atoms with Gasteiger partial charge in [0.2, 0.25) is 0 Å². The van der Waals surface area contributed by atoms with Crippen LogP contribution in [0, 0.1) is 3.57 Å². The molecule has 0 aliphatic heterocycles. The summed E-state index contributed by atoms with van der Waals surface area (Å²) >= 11 is 6.18. The average molecular weight is 456 g/mol. The topological polar surface area (TPSA) is 0 Å². The molecule has 0 nitrogen and oxygen atoms in total. The highest BCUT2D eigenvalue weighted by atomic mass is 127. The smallest absolute Gasteiger partial charge is 0.418 e. The summed E-state index contributed by atoms with van der Waals surface area (Å²) in [4.78, 5) is 0. The summed E-state index contributed by atoms with van der Waals surface area (Å²) in [5.41, 5.74) is 1.35. The van der Waals surface area contributed by atoms with Crippen molar-refractivity contribution in [3.8, 4) is 0 Å². The van der Waals surface area contributed by atoms with Crippen molar-refractivity contribution >= 4 is 18.9 Å². The van der Waals surface area contributed by atoms with Gasteiger partial charge in [-0.2, -0.15) is 0 Å². The van der Waals surface area contributed by atoms with Gasteiger partial charge < -0.3 is 17.3 Å². The van der Waals surface area contributed by atoms with Gasteiger partial charge in [0, 0.05) is 0 Å². The first-order valence-corrected chi connectivity index (χ1v) is 9.49. The maximum Gasteiger partial charge on any atom is 0.673 e. The fourth-order valence-corrected chi connectivity index (χ4v) is 3.78. The lowest BCUT2D eigenvalue weighted by Crippen LogP contribution is -3.59. The summed E-state index contributed by atoms with van der Waals surface area (Å²) in [5.74, 6) is 0. The molecule has 0 saturated carbocycles. The lowest BCUT2D eigenvalue weighted by Gasteiger charge is -1.97. The molecular formula is C16H15BClF4I. The number of hydrogen-bond acceptors (Lipinski definition) is 0. The van der Waals surface area contributed by atoms with E-state index in [0.717, 1.165) is 17.9 Å². The minimum atomic E-state index is -6.00. The van der Waals surface area contributed by atoms with Crippen molar-refractivity contribution in [1.82, 2.24) is 0 Å². The molecule has 23 heavy (non-hydrogen) atoms. The lowest BCUT2D eigenvalue weighted by molar-refractivity contribution is -0.557. The Morgan fingerprint density at radius 2 is 1.39 bits per heavy atom. The Hall–Kier alpha value is -1.02. The first-order chi connectivity index (χ1) is 10.8. The molecule has 0 fully saturated rings. The van der Waals surface area contributed by atoms with E-state index in [4.69, 9.17) is 11.6 Å². The molecule has 0 N–H and O–H groups in total. The summed E-state index contributed by atoms with van der Waals surface area (Å²) in [6.45, 7) is 0. The van der Waals surface area contributed by atoms with E-state index < -0.39 is 7.25 Å². The molecular weight excluding hydrogens is 441 g/mol. The number of benzene rings is 2. The predicted molar refractivity (Wildman–Crippen MR) is 84.0 cm³/mol. The largest absolute Gasteiger partial charge is 0.673 e. The number of hydrogen-bond donors (Lipinski definition) is 0. The van der Waals surface area contributed by atoms with Gasteiger partial charge in [0.1, 0.15) is 0 Å². The Bertz CT molecular complexity index is 582. The van der Waals surface area contributed by atoms with Gasteiger partial charge in [-0.25, -0.2) is 0 Å². The van der Waals surface area contributed by atoms with Crippen LogP contribution >= 0.6 is 11.6 Å². The van der Waals surface area contributed by atoms with Crippen LogP contribution < -0.4 is 21.2 Å². The van der Waals surface area contributed by atoms with Gasteiger partial charge in [-0.05, 0) is 30.5 Å². The zero-order valence-corrected chi connectivity index (χ0v) is 15.0. The van der Waals surface area contributed by atoms with Crippen LogP contribution in [-0.2, 0) is 6.42 Å². The van der Waals surface area contributed by atoms with Crippen LogP contribution in [-0.4, -0.2) is 7.25 Å². The van der Waals surface area contributed by atoms with Gasteiger partial charge in [-0.3, -0.25) is 0 Å². The van der Waals surface area contributed by atoms with Gasteiger partial charge >= 0.3 is 28.5 Å². The third-order valence-corrected chi connectivity index (χ3v) is 5.70. The number of allylic oxidation sites excluding steroid dienone is 1. The van der Waals surface area contributed by atoms with Crippen molar-refractivity contribution in [2.24, 2.45) is 0 Å². The maximum atomic E-state index is 9.75. The molecule has 2 aromatic rings. The predicted octanol–water partition coefficient (Wildman–Crippen LogP) is 2.96. The molecule has 0 radical (unpaired) electrons. The van der Waals surface area contributed by atoms with Crippen molar-refractivity contribution in [2.45, 2.75) is 12.8 Å². The summed E-state index contributed by atoms with van der Waals surface area (Å²) in [6.07, 6.45) is 1.97. The van der Waals surface area contributed by atoms with Gasteiger partial charge in [0.15, 0.2) is 7.65 Å². The second-order valence-electron chi connectivity index (χ2n) is 4.44. The van der Waals surface area contributed by atoms with E-state index in [9.17, 15) is 17.3 Å². The average Bonchev–Trinajstić information content (AvgIpc) is 2.51. The third kappa shape index (κ3) is 12.1. The second kappa shape index (κ2) is 10.7. The molecule has 0 aliphatic rings. The number of aryl methyl sites for hydroxylation is 1. The molecule has 0 unspecified atom stereocenters. The molecule has 2 rings (SSSR count). The molecule has 0 amide bonds. The minimum absolute atomic E-state index is 0.0901. The normalized spacial score (nSPS) is 11.6. The molecule has 0 bridgehead atoms.